The Bertz CT molecular complexity index is 441. The van der Waals surface area contributed by atoms with Crippen LogP contribution in [0.2, 0.25) is 0 Å². The summed E-state index contributed by atoms with van der Waals surface area (Å²) in [5.74, 6) is 0.535. The Morgan fingerprint density at radius 2 is 2.00 bits per heavy atom. The van der Waals surface area contributed by atoms with Crippen molar-refractivity contribution in [3.63, 3.8) is 0 Å². The summed E-state index contributed by atoms with van der Waals surface area (Å²) < 4.78 is 11.7. The molecule has 3 rings (SSSR count). The van der Waals surface area contributed by atoms with Crippen molar-refractivity contribution in [2.75, 3.05) is 40.4 Å². The molecule has 6 nitrogen and oxygen atoms in total. The molecular formula is C16H26N2O4. The molecule has 1 aliphatic carbocycles. The van der Waals surface area contributed by atoms with E-state index in [1.165, 1.54) is 11.3 Å². The quantitative estimate of drug-likeness (QED) is 0.765. The van der Waals surface area contributed by atoms with Gasteiger partial charge in [0.25, 0.3) is 0 Å². The number of ether oxygens (including phenoxy) is 2. The zero-order chi connectivity index (χ0) is 15.7. The van der Waals surface area contributed by atoms with E-state index in [4.69, 9.17) is 9.47 Å². The highest BCUT2D eigenvalue weighted by atomic mass is 16.5. The Labute approximate surface area is 131 Å². The van der Waals surface area contributed by atoms with E-state index in [1.807, 2.05) is 4.90 Å². The van der Waals surface area contributed by atoms with E-state index < -0.39 is 0 Å². The first-order valence-electron chi connectivity index (χ1n) is 8.24. The van der Waals surface area contributed by atoms with Gasteiger partial charge in [0.1, 0.15) is 12.2 Å². The summed E-state index contributed by atoms with van der Waals surface area (Å²) in [5, 5.41) is 0. The molecule has 2 heterocycles. The smallest absolute Gasteiger partial charge is 0.248 e. The first kappa shape index (κ1) is 15.7. The summed E-state index contributed by atoms with van der Waals surface area (Å²) in [5.41, 5.74) is -0.233. The zero-order valence-electron chi connectivity index (χ0n) is 13.5. The predicted molar refractivity (Wildman–Crippen MR) is 80.3 cm³/mol. The molecule has 0 bridgehead atoms. The van der Waals surface area contributed by atoms with Gasteiger partial charge in [-0.05, 0) is 19.3 Å². The fourth-order valence-corrected chi connectivity index (χ4v) is 3.38. The summed E-state index contributed by atoms with van der Waals surface area (Å²) >= 11 is 0. The minimum Gasteiger partial charge on any atom is -0.371 e. The van der Waals surface area contributed by atoms with Crippen LogP contribution in [0.4, 0.5) is 0 Å². The van der Waals surface area contributed by atoms with Gasteiger partial charge in [0.2, 0.25) is 11.8 Å². The first-order chi connectivity index (χ1) is 10.5. The van der Waals surface area contributed by atoms with E-state index in [1.54, 1.807) is 14.1 Å². The van der Waals surface area contributed by atoms with Crippen molar-refractivity contribution in [2.24, 2.45) is 5.92 Å². The van der Waals surface area contributed by atoms with Crippen molar-refractivity contribution < 1.29 is 19.1 Å². The number of likely N-dealkylation sites (tertiary alicyclic amines) is 1. The van der Waals surface area contributed by atoms with Gasteiger partial charge in [-0.2, -0.15) is 0 Å². The van der Waals surface area contributed by atoms with Crippen molar-refractivity contribution >= 4 is 11.8 Å². The molecule has 1 atom stereocenters. The molecule has 1 saturated carbocycles. The summed E-state index contributed by atoms with van der Waals surface area (Å²) in [4.78, 5) is 27.3. The highest BCUT2D eigenvalue weighted by molar-refractivity contribution is 5.80. The van der Waals surface area contributed by atoms with Crippen LogP contribution < -0.4 is 0 Å². The van der Waals surface area contributed by atoms with Crippen LogP contribution in [0.15, 0.2) is 0 Å². The van der Waals surface area contributed by atoms with Gasteiger partial charge in [0.05, 0.1) is 19.2 Å². The zero-order valence-corrected chi connectivity index (χ0v) is 13.5. The van der Waals surface area contributed by atoms with Crippen LogP contribution in [0.25, 0.3) is 0 Å². The van der Waals surface area contributed by atoms with Crippen molar-refractivity contribution in [1.82, 2.24) is 9.80 Å². The Hall–Kier alpha value is -1.14. The monoisotopic (exact) mass is 310 g/mol. The number of rotatable bonds is 4. The Balaban J connectivity index is 1.45. The molecule has 0 aromatic rings. The van der Waals surface area contributed by atoms with Crippen molar-refractivity contribution in [3.05, 3.63) is 0 Å². The SMILES string of the molecule is CN(C)C(=O)COC1CCOC2(C1)CN(C(=O)C1CCC1)C2. The van der Waals surface area contributed by atoms with Crippen LogP contribution in [-0.4, -0.2) is 73.7 Å². The van der Waals surface area contributed by atoms with Gasteiger partial charge < -0.3 is 19.3 Å². The van der Waals surface area contributed by atoms with Gasteiger partial charge in [-0.1, -0.05) is 6.42 Å². The van der Waals surface area contributed by atoms with E-state index in [9.17, 15) is 9.59 Å². The van der Waals surface area contributed by atoms with E-state index in [0.29, 0.717) is 25.6 Å². The van der Waals surface area contributed by atoms with E-state index >= 15 is 0 Å². The molecule has 3 fully saturated rings. The lowest BCUT2D eigenvalue weighted by atomic mass is 9.80. The molecule has 0 aromatic heterocycles. The van der Waals surface area contributed by atoms with Gasteiger partial charge in [0.15, 0.2) is 0 Å². The summed E-state index contributed by atoms with van der Waals surface area (Å²) in [6.07, 6.45) is 4.92. The summed E-state index contributed by atoms with van der Waals surface area (Å²) in [6, 6.07) is 0. The number of amides is 2. The van der Waals surface area contributed by atoms with Crippen molar-refractivity contribution in [2.45, 2.75) is 43.8 Å². The van der Waals surface area contributed by atoms with Crippen molar-refractivity contribution in [1.29, 1.82) is 0 Å². The molecule has 2 amide bonds. The maximum absolute atomic E-state index is 12.2. The maximum atomic E-state index is 12.2. The molecule has 22 heavy (non-hydrogen) atoms. The number of carbonyl (C=O) groups is 2. The average Bonchev–Trinajstić information content (AvgIpc) is 2.40. The van der Waals surface area contributed by atoms with Crippen LogP contribution >= 0.6 is 0 Å². The molecule has 124 valence electrons. The number of hydrogen-bond acceptors (Lipinski definition) is 4. The highest BCUT2D eigenvalue weighted by Gasteiger charge is 2.50. The molecule has 6 heteroatoms. The maximum Gasteiger partial charge on any atom is 0.248 e. The van der Waals surface area contributed by atoms with Gasteiger partial charge >= 0.3 is 0 Å². The number of carbonyl (C=O) groups excluding carboxylic acids is 2. The predicted octanol–water partition coefficient (Wildman–Crippen LogP) is 0.651. The standard InChI is InChI=1S/C16H26N2O4/c1-17(2)14(19)9-21-13-6-7-22-16(8-13)10-18(11-16)15(20)12-4-3-5-12/h12-13H,3-11H2,1-2H3. The minimum atomic E-state index is -0.233. The average molecular weight is 310 g/mol. The molecule has 1 unspecified atom stereocenters. The van der Waals surface area contributed by atoms with Crippen molar-refractivity contribution in [3.8, 4) is 0 Å². The fraction of sp³-hybridized carbons (Fsp3) is 0.875. The molecule has 0 radical (unpaired) electrons. The summed E-state index contributed by atoms with van der Waals surface area (Å²) in [6.45, 7) is 2.14. The molecule has 0 aromatic carbocycles. The topological polar surface area (TPSA) is 59.1 Å². The highest BCUT2D eigenvalue weighted by Crippen LogP contribution is 2.38. The lowest BCUT2D eigenvalue weighted by Gasteiger charge is -2.54. The minimum absolute atomic E-state index is 0.0176. The first-order valence-corrected chi connectivity index (χ1v) is 8.24. The van der Waals surface area contributed by atoms with Gasteiger partial charge in [-0.15, -0.1) is 0 Å². The van der Waals surface area contributed by atoms with Gasteiger partial charge in [0, 0.05) is 33.0 Å². The molecule has 3 aliphatic rings. The van der Waals surface area contributed by atoms with E-state index in [0.717, 1.165) is 25.7 Å². The number of hydrogen-bond donors (Lipinski definition) is 0. The number of likely N-dealkylation sites (N-methyl/N-ethyl adjacent to an activating group) is 1. The van der Waals surface area contributed by atoms with Crippen LogP contribution in [0.5, 0.6) is 0 Å². The molecule has 2 aliphatic heterocycles. The normalized spacial score (nSPS) is 27.2. The van der Waals surface area contributed by atoms with Crippen LogP contribution in [-0.2, 0) is 19.1 Å². The number of nitrogens with zero attached hydrogens (tertiary/aromatic N) is 2. The second kappa shape index (κ2) is 6.16. The Morgan fingerprint density at radius 1 is 1.27 bits per heavy atom. The van der Waals surface area contributed by atoms with Crippen LogP contribution in [0.1, 0.15) is 32.1 Å². The lowest BCUT2D eigenvalue weighted by Crippen LogP contribution is -2.68. The lowest BCUT2D eigenvalue weighted by molar-refractivity contribution is -0.204. The Kier molecular flexibility index (Phi) is 4.41. The summed E-state index contributed by atoms with van der Waals surface area (Å²) in [7, 11) is 3.46. The second-order valence-corrected chi connectivity index (χ2v) is 7.07. The second-order valence-electron chi connectivity index (χ2n) is 7.07. The third-order valence-corrected chi connectivity index (χ3v) is 5.11. The molecule has 1 spiro atoms. The molecular weight excluding hydrogens is 284 g/mol. The Morgan fingerprint density at radius 3 is 2.59 bits per heavy atom. The van der Waals surface area contributed by atoms with Crippen LogP contribution in [0, 0.1) is 5.92 Å². The third-order valence-electron chi connectivity index (χ3n) is 5.11. The van der Waals surface area contributed by atoms with Gasteiger partial charge in [-0.3, -0.25) is 9.59 Å². The van der Waals surface area contributed by atoms with E-state index in [-0.39, 0.29) is 30.1 Å². The van der Waals surface area contributed by atoms with Crippen LogP contribution in [0.3, 0.4) is 0 Å². The molecule has 0 N–H and O–H groups in total. The van der Waals surface area contributed by atoms with E-state index in [2.05, 4.69) is 0 Å². The molecule has 2 saturated heterocycles. The van der Waals surface area contributed by atoms with Gasteiger partial charge in [-0.25, -0.2) is 0 Å². The largest absolute Gasteiger partial charge is 0.371 e. The fourth-order valence-electron chi connectivity index (χ4n) is 3.38. The third kappa shape index (κ3) is 3.13.